The van der Waals surface area contributed by atoms with Gasteiger partial charge in [0.25, 0.3) is 0 Å². The highest BCUT2D eigenvalue weighted by molar-refractivity contribution is 5.61. The lowest BCUT2D eigenvalue weighted by atomic mass is 10.0. The van der Waals surface area contributed by atoms with Crippen molar-refractivity contribution in [1.29, 1.82) is 0 Å². The van der Waals surface area contributed by atoms with Gasteiger partial charge in [0.2, 0.25) is 0 Å². The minimum absolute atomic E-state index is 0.700. The van der Waals surface area contributed by atoms with Crippen LogP contribution < -0.4 is 5.73 Å². The van der Waals surface area contributed by atoms with Gasteiger partial charge in [-0.3, -0.25) is 0 Å². The van der Waals surface area contributed by atoms with Crippen LogP contribution in [0.3, 0.4) is 0 Å². The van der Waals surface area contributed by atoms with Crippen molar-refractivity contribution < 1.29 is 0 Å². The first kappa shape index (κ1) is 12.5. The Bertz CT molecular complexity index is 400. The van der Waals surface area contributed by atoms with Crippen LogP contribution in [-0.4, -0.2) is 6.54 Å². The van der Waals surface area contributed by atoms with E-state index in [4.69, 9.17) is 5.73 Å². The molecule has 0 bridgehead atoms. The molecule has 0 saturated carbocycles. The predicted octanol–water partition coefficient (Wildman–Crippen LogP) is 3.56. The SMILES string of the molecule is C=C/C=C\c1cc(/C=C/CCN)ccc1C. The van der Waals surface area contributed by atoms with Crippen LogP contribution in [0.25, 0.3) is 12.2 Å². The van der Waals surface area contributed by atoms with Crippen LogP contribution in [0.15, 0.2) is 43.0 Å². The van der Waals surface area contributed by atoms with Crippen molar-refractivity contribution in [3.05, 3.63) is 59.7 Å². The topological polar surface area (TPSA) is 26.0 Å². The maximum Gasteiger partial charge on any atom is -0.00425 e. The number of hydrogen-bond donors (Lipinski definition) is 1. The molecule has 84 valence electrons. The minimum atomic E-state index is 0.700. The van der Waals surface area contributed by atoms with Crippen molar-refractivity contribution >= 4 is 12.2 Å². The number of nitrogens with two attached hydrogens (primary N) is 1. The molecule has 2 N–H and O–H groups in total. The van der Waals surface area contributed by atoms with Gasteiger partial charge in [-0.05, 0) is 42.6 Å². The molecule has 0 saturated heterocycles. The van der Waals surface area contributed by atoms with Crippen LogP contribution in [0.1, 0.15) is 23.1 Å². The van der Waals surface area contributed by atoms with E-state index >= 15 is 0 Å². The zero-order chi connectivity index (χ0) is 11.8. The summed E-state index contributed by atoms with van der Waals surface area (Å²) in [5.74, 6) is 0. The Hall–Kier alpha value is -1.60. The number of hydrogen-bond acceptors (Lipinski definition) is 1. The third-order valence-electron chi connectivity index (χ3n) is 2.36. The summed E-state index contributed by atoms with van der Waals surface area (Å²) >= 11 is 0. The van der Waals surface area contributed by atoms with E-state index < -0.39 is 0 Å². The Morgan fingerprint density at radius 1 is 1.31 bits per heavy atom. The fourth-order valence-corrected chi connectivity index (χ4v) is 1.43. The zero-order valence-corrected chi connectivity index (χ0v) is 9.82. The van der Waals surface area contributed by atoms with Crippen LogP contribution in [0.5, 0.6) is 0 Å². The Morgan fingerprint density at radius 3 is 2.81 bits per heavy atom. The molecule has 16 heavy (non-hydrogen) atoms. The van der Waals surface area contributed by atoms with Crippen LogP contribution in [0, 0.1) is 6.92 Å². The van der Waals surface area contributed by atoms with Gasteiger partial charge in [0.1, 0.15) is 0 Å². The van der Waals surface area contributed by atoms with E-state index in [9.17, 15) is 0 Å². The Balaban J connectivity index is 2.88. The van der Waals surface area contributed by atoms with Crippen LogP contribution in [-0.2, 0) is 0 Å². The molecule has 0 radical (unpaired) electrons. The second-order valence-corrected chi connectivity index (χ2v) is 3.69. The maximum atomic E-state index is 5.44. The molecule has 0 amide bonds. The third kappa shape index (κ3) is 3.87. The molecule has 0 aliphatic rings. The smallest absolute Gasteiger partial charge is 0.00425 e. The first-order valence-electron chi connectivity index (χ1n) is 5.54. The molecule has 1 nitrogen and oxygen atoms in total. The van der Waals surface area contributed by atoms with E-state index in [0.717, 1.165) is 6.42 Å². The number of allylic oxidation sites excluding steroid dienone is 2. The summed E-state index contributed by atoms with van der Waals surface area (Å²) in [5.41, 5.74) is 9.15. The number of rotatable bonds is 5. The summed E-state index contributed by atoms with van der Waals surface area (Å²) in [4.78, 5) is 0. The summed E-state index contributed by atoms with van der Waals surface area (Å²) in [7, 11) is 0. The maximum absolute atomic E-state index is 5.44. The van der Waals surface area contributed by atoms with E-state index in [1.54, 1.807) is 6.08 Å². The van der Waals surface area contributed by atoms with E-state index in [0.29, 0.717) is 6.54 Å². The molecule has 0 aliphatic carbocycles. The van der Waals surface area contributed by atoms with Crippen molar-refractivity contribution in [2.45, 2.75) is 13.3 Å². The quantitative estimate of drug-likeness (QED) is 0.744. The lowest BCUT2D eigenvalue weighted by molar-refractivity contribution is 1.01. The second kappa shape index (κ2) is 6.81. The highest BCUT2D eigenvalue weighted by Crippen LogP contribution is 2.14. The number of aryl methyl sites for hydroxylation is 1. The van der Waals surface area contributed by atoms with E-state index in [2.05, 4.69) is 49.9 Å². The molecule has 0 unspecified atom stereocenters. The highest BCUT2D eigenvalue weighted by Gasteiger charge is 1.94. The van der Waals surface area contributed by atoms with Gasteiger partial charge >= 0.3 is 0 Å². The predicted molar refractivity (Wildman–Crippen MR) is 73.1 cm³/mol. The van der Waals surface area contributed by atoms with Crippen LogP contribution in [0.4, 0.5) is 0 Å². The van der Waals surface area contributed by atoms with E-state index in [1.807, 2.05) is 6.08 Å². The Labute approximate surface area is 98.0 Å². The fraction of sp³-hybridized carbons (Fsp3) is 0.200. The van der Waals surface area contributed by atoms with Crippen molar-refractivity contribution in [3.8, 4) is 0 Å². The van der Waals surface area contributed by atoms with Gasteiger partial charge in [0.05, 0.1) is 0 Å². The molecule has 0 fully saturated rings. The van der Waals surface area contributed by atoms with Crippen molar-refractivity contribution in [2.75, 3.05) is 6.54 Å². The first-order chi connectivity index (χ1) is 7.77. The van der Waals surface area contributed by atoms with Gasteiger partial charge in [-0.25, -0.2) is 0 Å². The van der Waals surface area contributed by atoms with Crippen molar-refractivity contribution in [1.82, 2.24) is 0 Å². The van der Waals surface area contributed by atoms with Gasteiger partial charge in [-0.2, -0.15) is 0 Å². The van der Waals surface area contributed by atoms with Crippen molar-refractivity contribution in [2.24, 2.45) is 5.73 Å². The first-order valence-corrected chi connectivity index (χ1v) is 5.54. The third-order valence-corrected chi connectivity index (χ3v) is 2.36. The molecule has 0 atom stereocenters. The van der Waals surface area contributed by atoms with Gasteiger partial charge in [-0.15, -0.1) is 0 Å². The van der Waals surface area contributed by atoms with Gasteiger partial charge in [-0.1, -0.05) is 49.1 Å². The monoisotopic (exact) mass is 213 g/mol. The molecule has 1 aromatic rings. The van der Waals surface area contributed by atoms with Gasteiger partial charge < -0.3 is 5.73 Å². The number of benzene rings is 1. The lowest BCUT2D eigenvalue weighted by Crippen LogP contribution is -1.94. The average molecular weight is 213 g/mol. The van der Waals surface area contributed by atoms with Crippen LogP contribution in [0.2, 0.25) is 0 Å². The molecular formula is C15H19N. The molecule has 0 aromatic heterocycles. The molecule has 1 rings (SSSR count). The molecule has 0 spiro atoms. The van der Waals surface area contributed by atoms with E-state index in [-0.39, 0.29) is 0 Å². The summed E-state index contributed by atoms with van der Waals surface area (Å²) in [5, 5.41) is 0. The molecule has 0 heterocycles. The molecule has 1 heteroatoms. The zero-order valence-electron chi connectivity index (χ0n) is 9.82. The van der Waals surface area contributed by atoms with Crippen molar-refractivity contribution in [3.63, 3.8) is 0 Å². The summed E-state index contributed by atoms with van der Waals surface area (Å²) in [6.07, 6.45) is 10.9. The van der Waals surface area contributed by atoms with E-state index in [1.165, 1.54) is 16.7 Å². The Morgan fingerprint density at radius 2 is 2.12 bits per heavy atom. The largest absolute Gasteiger partial charge is 0.330 e. The molecular weight excluding hydrogens is 194 g/mol. The van der Waals surface area contributed by atoms with Crippen LogP contribution >= 0.6 is 0 Å². The van der Waals surface area contributed by atoms with Gasteiger partial charge in [0, 0.05) is 0 Å². The summed E-state index contributed by atoms with van der Waals surface area (Å²) in [6, 6.07) is 6.42. The lowest BCUT2D eigenvalue weighted by Gasteiger charge is -2.02. The molecule has 1 aromatic carbocycles. The fourth-order valence-electron chi connectivity index (χ4n) is 1.43. The standard InChI is InChI=1S/C15H19N/c1-3-4-8-15-12-14(7-5-6-11-16)10-9-13(15)2/h3-5,7-10,12H,1,6,11,16H2,2H3/b7-5+,8-4-. The van der Waals surface area contributed by atoms with Gasteiger partial charge in [0.15, 0.2) is 0 Å². The normalized spacial score (nSPS) is 11.4. The molecule has 0 aliphatic heterocycles. The second-order valence-electron chi connectivity index (χ2n) is 3.69. The minimum Gasteiger partial charge on any atom is -0.330 e. The summed E-state index contributed by atoms with van der Waals surface area (Å²) < 4.78 is 0. The summed E-state index contributed by atoms with van der Waals surface area (Å²) in [6.45, 7) is 6.48. The Kier molecular flexibility index (Phi) is 5.30. The highest BCUT2D eigenvalue weighted by atomic mass is 14.5. The average Bonchev–Trinajstić information content (AvgIpc) is 2.30.